The number of benzene rings is 22. The van der Waals surface area contributed by atoms with Crippen LogP contribution in [-0.2, 0) is 13.7 Å². The molecule has 22 aromatic carbocycles. The number of fused-ring (bicyclic) bond motifs is 12. The van der Waals surface area contributed by atoms with Crippen molar-refractivity contribution in [1.82, 2.24) is 28.7 Å². The fourth-order valence-corrected chi connectivity index (χ4v) is 30.3. The van der Waals surface area contributed by atoms with Gasteiger partial charge in [-0.2, -0.15) is 0 Å². The second-order valence-corrected chi connectivity index (χ2v) is 43.1. The smallest absolute Gasteiger partial charge is 0.175 e. The summed E-state index contributed by atoms with van der Waals surface area (Å²) in [6, 6.07) is 166. The lowest BCUT2D eigenvalue weighted by Crippen LogP contribution is -2.32. The molecule has 0 radical (unpaired) electrons. The van der Waals surface area contributed by atoms with E-state index in [-0.39, 0.29) is 0 Å². The molecule has 3 aliphatic rings. The van der Waals surface area contributed by atoms with Gasteiger partial charge in [0, 0.05) is 64.4 Å². The highest BCUT2D eigenvalue weighted by molar-refractivity contribution is 7.87. The standard InChI is InChI=1S/C53H33N2OP.2C35H23N2OP/c56-57(41-17-2-1-3-18-41)48-23-11-10-22-47(48)55-52-46(21-12-24-49(52)57)54-53(55)40-29-30-44-45(33-40)51(39-28-26-35-14-5-7-16-37(35)32-39)43-20-9-8-19-42(43)50(44)38-27-25-34-13-4-6-15-36(34)31-38;38-39(29-12-5-2-6-13-29)32-16-8-7-15-31(32)37-34-30(14-9-17-33(34)39)36-35(37)28-21-20-26-22-25(18-19-27(26)23-28)24-10-3-1-4-11-24;38-39(29-11-2-1-3-12-29)32-15-7-6-14-31(32)37-34-30(13-8-16-33(34)39)36-35(37)26-20-17-25(18-21-26)28-22-19-24-9-4-5-10-27(24)23-28/h1-33H;2*1-23H. The Morgan fingerprint density at radius 2 is 0.430 bits per heavy atom. The number of para-hydroxylation sites is 6. The van der Waals surface area contributed by atoms with Crippen LogP contribution in [0.3, 0.4) is 0 Å². The van der Waals surface area contributed by atoms with Crippen molar-refractivity contribution >= 4 is 167 Å². The van der Waals surface area contributed by atoms with Crippen LogP contribution in [0.5, 0.6) is 0 Å². The third-order valence-electron chi connectivity index (χ3n) is 27.5. The van der Waals surface area contributed by atoms with Crippen molar-refractivity contribution in [2.24, 2.45) is 0 Å². The zero-order valence-corrected chi connectivity index (χ0v) is 75.5. The third kappa shape index (κ3) is 12.6. The first-order chi connectivity index (χ1) is 66.6. The summed E-state index contributed by atoms with van der Waals surface area (Å²) in [4.78, 5) is 15.6. The molecule has 3 aromatic heterocycles. The predicted octanol–water partition coefficient (Wildman–Crippen LogP) is 27.5. The van der Waals surface area contributed by atoms with Gasteiger partial charge in [-0.05, 0) is 218 Å². The van der Waals surface area contributed by atoms with E-state index in [1.54, 1.807) is 0 Å². The minimum atomic E-state index is -3.20. The van der Waals surface area contributed by atoms with Crippen LogP contribution in [0, 0.1) is 0 Å². The van der Waals surface area contributed by atoms with Gasteiger partial charge in [0.05, 0.1) is 50.2 Å². The molecule has 9 nitrogen and oxygen atoms in total. The average Bonchev–Trinajstić information content (AvgIpc) is 1.61. The van der Waals surface area contributed by atoms with Gasteiger partial charge in [0.1, 0.15) is 17.5 Å². The molecule has 28 rings (SSSR count). The minimum absolute atomic E-state index is 0.825. The first-order valence-corrected chi connectivity index (χ1v) is 50.7. The highest BCUT2D eigenvalue weighted by Crippen LogP contribution is 2.55. The molecule has 135 heavy (non-hydrogen) atoms. The second-order valence-electron chi connectivity index (χ2n) is 35.0. The quantitative estimate of drug-likeness (QED) is 0.0998. The monoisotopic (exact) mass is 1780 g/mol. The van der Waals surface area contributed by atoms with Crippen LogP contribution >= 0.6 is 21.4 Å². The number of hydrogen-bond donors (Lipinski definition) is 0. The van der Waals surface area contributed by atoms with E-state index < -0.39 is 21.4 Å². The molecule has 0 bridgehead atoms. The molecule has 0 saturated heterocycles. The lowest BCUT2D eigenvalue weighted by molar-refractivity contribution is 0.591. The van der Waals surface area contributed by atoms with E-state index in [4.69, 9.17) is 15.0 Å². The number of rotatable bonds is 10. The highest BCUT2D eigenvalue weighted by Gasteiger charge is 2.44. The van der Waals surface area contributed by atoms with E-state index in [9.17, 15) is 0 Å². The van der Waals surface area contributed by atoms with E-state index in [0.717, 1.165) is 148 Å². The summed E-state index contributed by atoms with van der Waals surface area (Å²) in [5, 5.41) is 22.0. The van der Waals surface area contributed by atoms with Gasteiger partial charge in [-0.1, -0.05) is 370 Å². The summed E-state index contributed by atoms with van der Waals surface area (Å²) in [7, 11) is -9.34. The van der Waals surface area contributed by atoms with Crippen molar-refractivity contribution in [3.8, 4) is 95.7 Å². The topological polar surface area (TPSA) is 105 Å². The van der Waals surface area contributed by atoms with E-state index >= 15 is 13.7 Å². The highest BCUT2D eigenvalue weighted by atomic mass is 31.2. The summed E-state index contributed by atoms with van der Waals surface area (Å²) in [6.07, 6.45) is 0. The van der Waals surface area contributed by atoms with Crippen LogP contribution in [0.25, 0.3) is 193 Å². The van der Waals surface area contributed by atoms with Crippen molar-refractivity contribution < 1.29 is 13.7 Å². The second kappa shape index (κ2) is 31.6. The molecular formula is C123H79N6O3P3. The van der Waals surface area contributed by atoms with Gasteiger partial charge in [-0.25, -0.2) is 15.0 Å². The molecule has 6 heterocycles. The molecule has 25 aromatic rings. The molecular weight excluding hydrogens is 1700 g/mol. The lowest BCUT2D eigenvalue weighted by Gasteiger charge is -2.29. The molecule has 0 fully saturated rings. The average molecular weight is 1780 g/mol. The third-order valence-corrected chi connectivity index (χ3v) is 36.9. The first-order valence-electron chi connectivity index (χ1n) is 45.6. The number of nitrogens with zero attached hydrogens (tertiary/aromatic N) is 6. The Balaban J connectivity index is 0.000000108. The van der Waals surface area contributed by atoms with Crippen molar-refractivity contribution in [3.05, 3.63) is 479 Å². The molecule has 0 spiro atoms. The number of hydrogen-bond acceptors (Lipinski definition) is 6. The Hall–Kier alpha value is -16.5. The van der Waals surface area contributed by atoms with Gasteiger partial charge in [0.2, 0.25) is 0 Å². The maximum atomic E-state index is 15.6. The van der Waals surface area contributed by atoms with E-state index in [0.29, 0.717) is 0 Å². The largest absolute Gasteiger partial charge is 0.308 e. The first kappa shape index (κ1) is 79.4. The van der Waals surface area contributed by atoms with Crippen LogP contribution in [0.2, 0.25) is 0 Å². The number of aromatic nitrogens is 6. The van der Waals surface area contributed by atoms with Gasteiger partial charge >= 0.3 is 0 Å². The van der Waals surface area contributed by atoms with Crippen molar-refractivity contribution in [1.29, 1.82) is 0 Å². The summed E-state index contributed by atoms with van der Waals surface area (Å²) >= 11 is 0. The van der Waals surface area contributed by atoms with Crippen LogP contribution in [0.1, 0.15) is 0 Å². The summed E-state index contributed by atoms with van der Waals surface area (Å²) < 4.78 is 52.4. The normalized spacial score (nSPS) is 15.4. The zero-order chi connectivity index (χ0) is 89.6. The van der Waals surface area contributed by atoms with Crippen molar-refractivity contribution in [2.75, 3.05) is 0 Å². The molecule has 0 N–H and O–H groups in total. The van der Waals surface area contributed by atoms with E-state index in [1.807, 2.05) is 200 Å². The lowest BCUT2D eigenvalue weighted by atomic mass is 9.84. The van der Waals surface area contributed by atoms with Crippen molar-refractivity contribution in [2.45, 2.75) is 0 Å². The predicted molar refractivity (Wildman–Crippen MR) is 565 cm³/mol. The van der Waals surface area contributed by atoms with Crippen LogP contribution in [0.4, 0.5) is 0 Å². The fraction of sp³-hybridized carbons (Fsp3) is 0. The Kier molecular flexibility index (Phi) is 18.6. The van der Waals surface area contributed by atoms with Gasteiger partial charge in [0.25, 0.3) is 0 Å². The molecule has 12 heteroatoms. The minimum Gasteiger partial charge on any atom is -0.308 e. The maximum absolute atomic E-state index is 15.6. The van der Waals surface area contributed by atoms with Gasteiger partial charge < -0.3 is 13.7 Å². The van der Waals surface area contributed by atoms with Crippen LogP contribution in [-0.4, -0.2) is 28.7 Å². The van der Waals surface area contributed by atoms with E-state index in [1.165, 1.54) is 92.8 Å². The molecule has 3 unspecified atom stereocenters. The van der Waals surface area contributed by atoms with Gasteiger partial charge in [0.15, 0.2) is 21.4 Å². The Morgan fingerprint density at radius 1 is 0.170 bits per heavy atom. The molecule has 0 amide bonds. The molecule has 3 aliphatic heterocycles. The maximum Gasteiger partial charge on any atom is 0.175 e. The number of imidazole rings is 3. The molecule has 0 saturated carbocycles. The molecule has 3 atom stereocenters. The Bertz CT molecular complexity index is 9380. The molecule has 0 aliphatic carbocycles. The summed E-state index contributed by atoms with van der Waals surface area (Å²) in [5.74, 6) is 2.54. The summed E-state index contributed by atoms with van der Waals surface area (Å²) in [6.45, 7) is 0. The fourth-order valence-electron chi connectivity index (χ4n) is 21.3. The zero-order valence-electron chi connectivity index (χ0n) is 72.9. The Morgan fingerprint density at radius 3 is 0.844 bits per heavy atom. The van der Waals surface area contributed by atoms with Crippen LogP contribution < -0.4 is 47.7 Å². The van der Waals surface area contributed by atoms with E-state index in [2.05, 4.69) is 293 Å². The Labute approximate surface area is 778 Å². The van der Waals surface area contributed by atoms with Gasteiger partial charge in [-0.15, -0.1) is 0 Å². The SMILES string of the molecule is O=P1(c2ccccc2)c2ccccc2-n2c(-c3ccc(-c4ccc5ccccc5c4)cc3)nc3cccc1c32.O=P1(c2ccccc2)c2ccccc2-n2c(-c3ccc4c(-c5ccc6ccccc6c5)c5ccccc5c(-c5ccc6ccccc6c5)c4c3)nc3cccc1c32.O=P1(c2ccccc2)c2ccccc2-n2c(-c3ccc4cc(-c5ccccc5)ccc4c3)nc3cccc1c32. The molecule has 634 valence electrons. The van der Waals surface area contributed by atoms with Crippen molar-refractivity contribution in [3.63, 3.8) is 0 Å². The van der Waals surface area contributed by atoms with Crippen LogP contribution in [0.15, 0.2) is 479 Å². The van der Waals surface area contributed by atoms with Gasteiger partial charge in [-0.3, -0.25) is 13.7 Å². The summed E-state index contributed by atoms with van der Waals surface area (Å²) in [5.41, 5.74) is 20.6.